The van der Waals surface area contributed by atoms with Gasteiger partial charge in [-0.15, -0.1) is 0 Å². The molecule has 2 aliphatic carbocycles. The van der Waals surface area contributed by atoms with Gasteiger partial charge in [0.25, 0.3) is 0 Å². The molecule has 0 aliphatic heterocycles. The third kappa shape index (κ3) is 4.53. The third-order valence-electron chi connectivity index (χ3n) is 12.8. The van der Waals surface area contributed by atoms with E-state index in [1.807, 2.05) is 0 Å². The van der Waals surface area contributed by atoms with Crippen LogP contribution in [-0.2, 0) is 10.8 Å². The van der Waals surface area contributed by atoms with Crippen molar-refractivity contribution in [3.05, 3.63) is 198 Å². The Hall–Kier alpha value is -6.44. The highest BCUT2D eigenvalue weighted by atomic mass is 15.1. The van der Waals surface area contributed by atoms with Gasteiger partial charge in [0.15, 0.2) is 0 Å². The molecule has 0 aromatic heterocycles. The van der Waals surface area contributed by atoms with Crippen LogP contribution in [0.2, 0.25) is 0 Å². The Morgan fingerprint density at radius 2 is 0.964 bits per heavy atom. The van der Waals surface area contributed by atoms with Gasteiger partial charge in [-0.3, -0.25) is 0 Å². The lowest BCUT2D eigenvalue weighted by atomic mass is 9.67. The fourth-order valence-electron chi connectivity index (χ4n) is 10.1. The van der Waals surface area contributed by atoms with Crippen LogP contribution in [0.1, 0.15) is 49.9 Å². The van der Waals surface area contributed by atoms with E-state index in [2.05, 4.69) is 209 Å². The summed E-state index contributed by atoms with van der Waals surface area (Å²) in [6.07, 6.45) is 0. The summed E-state index contributed by atoms with van der Waals surface area (Å²) in [5.41, 5.74) is 16.5. The van der Waals surface area contributed by atoms with Gasteiger partial charge in [-0.25, -0.2) is 0 Å². The predicted octanol–water partition coefficient (Wildman–Crippen LogP) is 14.9. The highest BCUT2D eigenvalue weighted by molar-refractivity contribution is 6.12. The van der Waals surface area contributed by atoms with Crippen LogP contribution in [-0.4, -0.2) is 0 Å². The lowest BCUT2D eigenvalue weighted by Gasteiger charge is -2.38. The molecule has 9 aromatic carbocycles. The Kier molecular flexibility index (Phi) is 6.72. The molecular weight excluding hydrogens is 663 g/mol. The van der Waals surface area contributed by atoms with Gasteiger partial charge in [0.05, 0.1) is 11.4 Å². The number of anilines is 3. The van der Waals surface area contributed by atoms with Gasteiger partial charge in [0.2, 0.25) is 0 Å². The van der Waals surface area contributed by atoms with Gasteiger partial charge < -0.3 is 4.90 Å². The topological polar surface area (TPSA) is 3.24 Å². The van der Waals surface area contributed by atoms with E-state index in [1.54, 1.807) is 0 Å². The molecule has 0 heterocycles. The van der Waals surface area contributed by atoms with E-state index >= 15 is 0 Å². The predicted molar refractivity (Wildman–Crippen MR) is 234 cm³/mol. The number of hydrogen-bond acceptors (Lipinski definition) is 1. The van der Waals surface area contributed by atoms with Crippen LogP contribution >= 0.6 is 0 Å². The number of hydrogen-bond donors (Lipinski definition) is 0. The molecule has 262 valence electrons. The van der Waals surface area contributed by atoms with E-state index in [9.17, 15) is 0 Å². The molecule has 0 saturated heterocycles. The maximum atomic E-state index is 2.56. The summed E-state index contributed by atoms with van der Waals surface area (Å²) in [6, 6.07) is 66.0. The zero-order chi connectivity index (χ0) is 37.1. The number of nitrogens with zero attached hydrogens (tertiary/aromatic N) is 1. The minimum absolute atomic E-state index is 0.124. The summed E-state index contributed by atoms with van der Waals surface area (Å²) in [5, 5.41) is 7.61. The first-order valence-corrected chi connectivity index (χ1v) is 19.5. The fraction of sp³-hybridized carbons (Fsp3) is 0.111. The average molecular weight is 704 g/mol. The van der Waals surface area contributed by atoms with E-state index < -0.39 is 0 Å². The molecular formula is C54H41N. The molecule has 11 rings (SSSR count). The Balaban J connectivity index is 1.24. The summed E-state index contributed by atoms with van der Waals surface area (Å²) in [5.74, 6) is 0. The van der Waals surface area contributed by atoms with Crippen LogP contribution in [0.3, 0.4) is 0 Å². The lowest BCUT2D eigenvalue weighted by Crippen LogP contribution is -2.25. The number of benzene rings is 9. The van der Waals surface area contributed by atoms with Crippen molar-refractivity contribution in [2.45, 2.75) is 38.5 Å². The molecule has 0 fully saturated rings. The van der Waals surface area contributed by atoms with Crippen molar-refractivity contribution in [3.8, 4) is 33.4 Å². The molecule has 0 bridgehead atoms. The van der Waals surface area contributed by atoms with Crippen LogP contribution in [0.25, 0.3) is 65.7 Å². The van der Waals surface area contributed by atoms with E-state index in [-0.39, 0.29) is 10.8 Å². The molecule has 0 amide bonds. The summed E-state index contributed by atoms with van der Waals surface area (Å²) in [7, 11) is 0. The first-order valence-electron chi connectivity index (χ1n) is 19.5. The largest absolute Gasteiger partial charge is 0.309 e. The van der Waals surface area contributed by atoms with Gasteiger partial charge in [-0.2, -0.15) is 0 Å². The molecule has 0 spiro atoms. The highest BCUT2D eigenvalue weighted by Gasteiger charge is 2.38. The third-order valence-corrected chi connectivity index (χ3v) is 12.8. The summed E-state index contributed by atoms with van der Waals surface area (Å²) < 4.78 is 0. The normalized spacial score (nSPS) is 14.5. The van der Waals surface area contributed by atoms with Crippen molar-refractivity contribution in [1.82, 2.24) is 0 Å². The molecule has 2 aliphatic rings. The molecule has 0 atom stereocenters. The van der Waals surface area contributed by atoms with Crippen molar-refractivity contribution < 1.29 is 0 Å². The smallest absolute Gasteiger partial charge is 0.0546 e. The highest BCUT2D eigenvalue weighted by Crippen LogP contribution is 2.56. The quantitative estimate of drug-likeness (QED) is 0.176. The zero-order valence-corrected chi connectivity index (χ0v) is 31.7. The SMILES string of the molecule is CC1(C)c2ccccc2-c2ccc(N(c3ccc4cccc5c4c3-c3cc(-c4cccc6ccccc46)ccc3C5(C)C)c3cccc4ccccc34)cc21. The standard InChI is InChI=1S/C54H41N/c1-53(2)46-30-26-37(40-22-11-16-34-14-5-7-19-39(34)40)32-44(46)52-50(31-27-36-18-12-24-47(53)51(36)52)55(49-25-13-17-35-15-6-8-20-41(35)49)38-28-29-43-42-21-9-10-23-45(42)54(3,4)48(43)33-38/h5-33H,1-4H3. The van der Waals surface area contributed by atoms with Crippen LogP contribution in [0.5, 0.6) is 0 Å². The second kappa shape index (κ2) is 11.5. The molecule has 0 unspecified atom stereocenters. The monoisotopic (exact) mass is 703 g/mol. The number of rotatable bonds is 4. The fourth-order valence-corrected chi connectivity index (χ4v) is 10.1. The molecule has 1 heteroatoms. The molecule has 55 heavy (non-hydrogen) atoms. The number of fused-ring (bicyclic) bond motifs is 7. The van der Waals surface area contributed by atoms with E-state index in [4.69, 9.17) is 0 Å². The minimum Gasteiger partial charge on any atom is -0.309 e. The van der Waals surface area contributed by atoms with Crippen LogP contribution in [0, 0.1) is 0 Å². The van der Waals surface area contributed by atoms with Crippen molar-refractivity contribution in [2.75, 3.05) is 4.90 Å². The first kappa shape index (κ1) is 32.0. The van der Waals surface area contributed by atoms with E-state index in [1.165, 1.54) is 105 Å². The summed E-state index contributed by atoms with van der Waals surface area (Å²) in [4.78, 5) is 2.56. The summed E-state index contributed by atoms with van der Waals surface area (Å²) >= 11 is 0. The van der Waals surface area contributed by atoms with Crippen molar-refractivity contribution >= 4 is 49.4 Å². The lowest BCUT2D eigenvalue weighted by molar-refractivity contribution is 0.645. The first-order chi connectivity index (χ1) is 26.8. The van der Waals surface area contributed by atoms with E-state index in [0.717, 1.165) is 0 Å². The molecule has 1 nitrogen and oxygen atoms in total. The Bertz CT molecular complexity index is 3040. The van der Waals surface area contributed by atoms with Crippen LogP contribution in [0.4, 0.5) is 17.1 Å². The zero-order valence-electron chi connectivity index (χ0n) is 31.7. The van der Waals surface area contributed by atoms with Crippen molar-refractivity contribution in [2.24, 2.45) is 0 Å². The minimum atomic E-state index is -0.189. The molecule has 0 radical (unpaired) electrons. The Labute approximate surface area is 323 Å². The maximum absolute atomic E-state index is 2.56. The van der Waals surface area contributed by atoms with Crippen molar-refractivity contribution in [3.63, 3.8) is 0 Å². The molecule has 0 saturated carbocycles. The van der Waals surface area contributed by atoms with E-state index in [0.29, 0.717) is 0 Å². The Morgan fingerprint density at radius 1 is 0.364 bits per heavy atom. The summed E-state index contributed by atoms with van der Waals surface area (Å²) in [6.45, 7) is 9.55. The molecule has 9 aromatic rings. The van der Waals surface area contributed by atoms with Gasteiger partial charge in [0.1, 0.15) is 0 Å². The van der Waals surface area contributed by atoms with Crippen molar-refractivity contribution in [1.29, 1.82) is 0 Å². The maximum Gasteiger partial charge on any atom is 0.0546 e. The second-order valence-corrected chi connectivity index (χ2v) is 16.5. The Morgan fingerprint density at radius 3 is 1.82 bits per heavy atom. The van der Waals surface area contributed by atoms with Gasteiger partial charge in [0, 0.05) is 27.5 Å². The van der Waals surface area contributed by atoms with Crippen LogP contribution < -0.4 is 4.90 Å². The van der Waals surface area contributed by atoms with Gasteiger partial charge in [-0.05, 0) is 107 Å². The second-order valence-electron chi connectivity index (χ2n) is 16.5. The molecule has 0 N–H and O–H groups in total. The van der Waals surface area contributed by atoms with Crippen LogP contribution in [0.15, 0.2) is 176 Å². The van der Waals surface area contributed by atoms with Gasteiger partial charge in [-0.1, -0.05) is 173 Å². The van der Waals surface area contributed by atoms with Gasteiger partial charge >= 0.3 is 0 Å². The average Bonchev–Trinajstić information content (AvgIpc) is 3.45.